The highest BCUT2D eigenvalue weighted by molar-refractivity contribution is 7.92. The van der Waals surface area contributed by atoms with Crippen molar-refractivity contribution in [3.8, 4) is 5.75 Å². The Morgan fingerprint density at radius 3 is 2.23 bits per heavy atom. The Labute approximate surface area is 179 Å². The lowest BCUT2D eigenvalue weighted by atomic mass is 10.2. The fourth-order valence-corrected chi connectivity index (χ4v) is 4.74. The molecular weight excluding hydrogens is 400 g/mol. The first-order valence-electron chi connectivity index (χ1n) is 10.4. The first-order valence-corrected chi connectivity index (χ1v) is 11.8. The third kappa shape index (κ3) is 5.33. The van der Waals surface area contributed by atoms with Gasteiger partial charge in [0.25, 0.3) is 10.0 Å². The normalized spacial score (nSPS) is 13.7. The van der Waals surface area contributed by atoms with Crippen LogP contribution in [0.25, 0.3) is 0 Å². The van der Waals surface area contributed by atoms with E-state index < -0.39 is 10.0 Å². The lowest BCUT2D eigenvalue weighted by molar-refractivity contribution is -0.129. The van der Waals surface area contributed by atoms with Gasteiger partial charge in [-0.2, -0.15) is 0 Å². The van der Waals surface area contributed by atoms with Crippen molar-refractivity contribution in [3.63, 3.8) is 0 Å². The summed E-state index contributed by atoms with van der Waals surface area (Å²) < 4.78 is 33.3. The molecule has 0 saturated heterocycles. The van der Waals surface area contributed by atoms with Crippen molar-refractivity contribution in [1.82, 2.24) is 4.90 Å². The summed E-state index contributed by atoms with van der Waals surface area (Å²) in [5.41, 5.74) is 1.41. The summed E-state index contributed by atoms with van der Waals surface area (Å²) in [6, 6.07) is 13.4. The second-order valence-corrected chi connectivity index (χ2v) is 9.67. The van der Waals surface area contributed by atoms with Gasteiger partial charge in [-0.05, 0) is 68.5 Å². The van der Waals surface area contributed by atoms with Crippen LogP contribution in [0.2, 0.25) is 0 Å². The summed E-state index contributed by atoms with van der Waals surface area (Å²) in [5, 5.41) is 0. The Morgan fingerprint density at radius 2 is 1.70 bits per heavy atom. The number of ether oxygens (including phenoxy) is 1. The molecule has 1 aliphatic carbocycles. The molecule has 0 aliphatic heterocycles. The van der Waals surface area contributed by atoms with Gasteiger partial charge in [-0.25, -0.2) is 8.42 Å². The molecule has 1 amide bonds. The van der Waals surface area contributed by atoms with Crippen LogP contribution in [-0.2, 0) is 14.8 Å². The van der Waals surface area contributed by atoms with E-state index in [1.54, 1.807) is 60.5 Å². The predicted octanol–water partition coefficient (Wildman–Crippen LogP) is 3.85. The molecule has 1 saturated carbocycles. The van der Waals surface area contributed by atoms with Gasteiger partial charge in [0.15, 0.2) is 0 Å². The van der Waals surface area contributed by atoms with Crippen LogP contribution >= 0.6 is 0 Å². The molecule has 0 bridgehead atoms. The van der Waals surface area contributed by atoms with Crippen molar-refractivity contribution < 1.29 is 17.9 Å². The molecule has 6 nitrogen and oxygen atoms in total. The quantitative estimate of drug-likeness (QED) is 0.574. The zero-order valence-electron chi connectivity index (χ0n) is 17.9. The third-order valence-electron chi connectivity index (χ3n) is 5.27. The average molecular weight is 431 g/mol. The van der Waals surface area contributed by atoms with Crippen LogP contribution in [0, 0.1) is 12.8 Å². The number of sulfonamides is 1. The van der Waals surface area contributed by atoms with Crippen LogP contribution in [0.3, 0.4) is 0 Å². The van der Waals surface area contributed by atoms with E-state index in [0.717, 1.165) is 24.8 Å². The van der Waals surface area contributed by atoms with Gasteiger partial charge in [0.05, 0.1) is 17.7 Å². The SMILES string of the molecule is CCCN(CC1CC1)C(=O)CN(c1ccc(OC)cc1)S(=O)(=O)c1ccc(C)cc1. The summed E-state index contributed by atoms with van der Waals surface area (Å²) >= 11 is 0. The van der Waals surface area contributed by atoms with E-state index in [9.17, 15) is 13.2 Å². The highest BCUT2D eigenvalue weighted by Crippen LogP contribution is 2.30. The van der Waals surface area contributed by atoms with E-state index in [0.29, 0.717) is 30.4 Å². The van der Waals surface area contributed by atoms with Crippen LogP contribution in [0.4, 0.5) is 5.69 Å². The molecule has 0 aromatic heterocycles. The Hall–Kier alpha value is -2.54. The van der Waals surface area contributed by atoms with Crippen molar-refractivity contribution in [2.75, 3.05) is 31.0 Å². The summed E-state index contributed by atoms with van der Waals surface area (Å²) in [6.45, 7) is 5.04. The standard InChI is InChI=1S/C23H30N2O4S/c1-4-15-24(16-19-7-8-19)23(26)17-25(20-9-11-21(29-3)12-10-20)30(27,28)22-13-5-18(2)6-14-22/h5-6,9-14,19H,4,7-8,15-17H2,1-3H3. The van der Waals surface area contributed by atoms with Crippen molar-refractivity contribution in [3.05, 3.63) is 54.1 Å². The summed E-state index contributed by atoms with van der Waals surface area (Å²) in [4.78, 5) is 15.1. The van der Waals surface area contributed by atoms with Crippen molar-refractivity contribution in [1.29, 1.82) is 0 Å². The van der Waals surface area contributed by atoms with Gasteiger partial charge < -0.3 is 9.64 Å². The van der Waals surface area contributed by atoms with Gasteiger partial charge in [-0.3, -0.25) is 9.10 Å². The summed E-state index contributed by atoms with van der Waals surface area (Å²) in [5.74, 6) is 0.998. The number of methoxy groups -OCH3 is 1. The molecule has 162 valence electrons. The van der Waals surface area contributed by atoms with Gasteiger partial charge in [-0.15, -0.1) is 0 Å². The van der Waals surface area contributed by atoms with Gasteiger partial charge in [0.1, 0.15) is 12.3 Å². The Balaban J connectivity index is 1.93. The Bertz CT molecular complexity index is 952. The second kappa shape index (κ2) is 9.51. The molecule has 1 aliphatic rings. The maximum atomic E-state index is 13.5. The number of anilines is 1. The van der Waals surface area contributed by atoms with Crippen LogP contribution in [0.5, 0.6) is 5.75 Å². The van der Waals surface area contributed by atoms with Gasteiger partial charge in [0, 0.05) is 13.1 Å². The van der Waals surface area contributed by atoms with E-state index in [-0.39, 0.29) is 17.3 Å². The minimum atomic E-state index is -3.90. The fourth-order valence-electron chi connectivity index (χ4n) is 3.32. The minimum Gasteiger partial charge on any atom is -0.497 e. The molecule has 0 radical (unpaired) electrons. The highest BCUT2D eigenvalue weighted by Gasteiger charge is 2.31. The topological polar surface area (TPSA) is 66.9 Å². The van der Waals surface area contributed by atoms with E-state index in [2.05, 4.69) is 0 Å². The van der Waals surface area contributed by atoms with Crippen molar-refractivity contribution in [2.45, 2.75) is 38.0 Å². The number of carbonyl (C=O) groups is 1. The number of carbonyl (C=O) groups excluding carboxylic acids is 1. The fraction of sp³-hybridized carbons (Fsp3) is 0.435. The zero-order valence-corrected chi connectivity index (χ0v) is 18.7. The largest absolute Gasteiger partial charge is 0.497 e. The van der Waals surface area contributed by atoms with Gasteiger partial charge in [-0.1, -0.05) is 24.6 Å². The first kappa shape index (κ1) is 22.2. The van der Waals surface area contributed by atoms with Crippen molar-refractivity contribution in [2.24, 2.45) is 5.92 Å². The summed E-state index contributed by atoms with van der Waals surface area (Å²) in [6.07, 6.45) is 3.11. The predicted molar refractivity (Wildman–Crippen MR) is 118 cm³/mol. The van der Waals surface area contributed by atoms with E-state index in [1.807, 2.05) is 13.8 Å². The lowest BCUT2D eigenvalue weighted by Gasteiger charge is -2.28. The maximum absolute atomic E-state index is 13.5. The number of benzene rings is 2. The molecule has 0 heterocycles. The number of amides is 1. The molecule has 0 unspecified atom stereocenters. The first-order chi connectivity index (χ1) is 14.3. The smallest absolute Gasteiger partial charge is 0.264 e. The maximum Gasteiger partial charge on any atom is 0.264 e. The number of hydrogen-bond acceptors (Lipinski definition) is 4. The molecule has 2 aromatic carbocycles. The Kier molecular flexibility index (Phi) is 7.02. The molecule has 3 rings (SSSR count). The number of nitrogens with zero attached hydrogens (tertiary/aromatic N) is 2. The molecule has 0 N–H and O–H groups in total. The molecule has 0 spiro atoms. The van der Waals surface area contributed by atoms with Crippen LogP contribution in [-0.4, -0.2) is 46.0 Å². The Morgan fingerprint density at radius 1 is 1.07 bits per heavy atom. The highest BCUT2D eigenvalue weighted by atomic mass is 32.2. The van der Waals surface area contributed by atoms with E-state index in [1.165, 1.54) is 4.31 Å². The number of hydrogen-bond donors (Lipinski definition) is 0. The van der Waals surface area contributed by atoms with Crippen LogP contribution in [0.15, 0.2) is 53.4 Å². The third-order valence-corrected chi connectivity index (χ3v) is 7.06. The average Bonchev–Trinajstić information content (AvgIpc) is 3.56. The molecule has 2 aromatic rings. The molecule has 7 heteroatoms. The van der Waals surface area contributed by atoms with Gasteiger partial charge in [0.2, 0.25) is 5.91 Å². The molecule has 0 atom stereocenters. The number of aryl methyl sites for hydroxylation is 1. The van der Waals surface area contributed by atoms with Gasteiger partial charge >= 0.3 is 0 Å². The lowest BCUT2D eigenvalue weighted by Crippen LogP contribution is -2.44. The van der Waals surface area contributed by atoms with Crippen molar-refractivity contribution >= 4 is 21.6 Å². The summed E-state index contributed by atoms with van der Waals surface area (Å²) in [7, 11) is -2.35. The molecule has 1 fully saturated rings. The van der Waals surface area contributed by atoms with E-state index in [4.69, 9.17) is 4.74 Å². The number of rotatable bonds is 10. The minimum absolute atomic E-state index is 0.168. The van der Waals surface area contributed by atoms with Crippen LogP contribution in [0.1, 0.15) is 31.7 Å². The van der Waals surface area contributed by atoms with Crippen LogP contribution < -0.4 is 9.04 Å². The molecule has 30 heavy (non-hydrogen) atoms. The van der Waals surface area contributed by atoms with E-state index >= 15 is 0 Å². The monoisotopic (exact) mass is 430 g/mol. The molecular formula is C23H30N2O4S. The second-order valence-electron chi connectivity index (χ2n) is 7.81. The zero-order chi connectivity index (χ0) is 21.7.